The van der Waals surface area contributed by atoms with Gasteiger partial charge in [-0.1, -0.05) is 19.2 Å². The fourth-order valence-electron chi connectivity index (χ4n) is 1.31. The molecule has 0 atom stereocenters. The standard InChI is InChI=1S/C11H14BNO3/c1-3-5-10(13-11(14)4-2)8-9-6-7-16-12(9)15/h3-5,8,15H,1-2,6-7H2,(H,13,14)/b9-8+,10-5+. The van der Waals surface area contributed by atoms with E-state index < -0.39 is 7.12 Å². The van der Waals surface area contributed by atoms with Crippen LogP contribution in [0.4, 0.5) is 0 Å². The maximum atomic E-state index is 11.1. The van der Waals surface area contributed by atoms with Gasteiger partial charge in [0.1, 0.15) is 0 Å². The zero-order chi connectivity index (χ0) is 12.0. The molecule has 16 heavy (non-hydrogen) atoms. The Morgan fingerprint density at radius 3 is 2.81 bits per heavy atom. The first kappa shape index (κ1) is 12.5. The molecule has 1 amide bonds. The third-order valence-corrected chi connectivity index (χ3v) is 2.07. The smallest absolute Gasteiger partial charge is 0.423 e. The molecule has 84 valence electrons. The van der Waals surface area contributed by atoms with Crippen molar-refractivity contribution < 1.29 is 14.5 Å². The van der Waals surface area contributed by atoms with Crippen molar-refractivity contribution in [2.45, 2.75) is 6.42 Å². The molecule has 0 radical (unpaired) electrons. The molecule has 1 rings (SSSR count). The average Bonchev–Trinajstić information content (AvgIpc) is 2.64. The maximum absolute atomic E-state index is 11.1. The van der Waals surface area contributed by atoms with E-state index in [0.29, 0.717) is 18.7 Å². The van der Waals surface area contributed by atoms with Gasteiger partial charge in [0.2, 0.25) is 5.91 Å². The fraction of sp³-hybridized carbons (Fsp3) is 0.182. The number of carbonyl (C=O) groups excluding carboxylic acids is 1. The Morgan fingerprint density at radius 2 is 2.31 bits per heavy atom. The second kappa shape index (κ2) is 6.10. The number of carbonyl (C=O) groups is 1. The zero-order valence-corrected chi connectivity index (χ0v) is 8.98. The molecule has 0 aromatic carbocycles. The van der Waals surface area contributed by atoms with E-state index in [1.807, 2.05) is 0 Å². The summed E-state index contributed by atoms with van der Waals surface area (Å²) in [5.74, 6) is -0.307. The summed E-state index contributed by atoms with van der Waals surface area (Å²) in [6.45, 7) is 7.40. The molecule has 2 N–H and O–H groups in total. The van der Waals surface area contributed by atoms with Crippen LogP contribution in [0.15, 0.2) is 48.6 Å². The van der Waals surface area contributed by atoms with Gasteiger partial charge in [-0.25, -0.2) is 0 Å². The molecule has 0 bridgehead atoms. The lowest BCUT2D eigenvalue weighted by Crippen LogP contribution is -2.20. The molecule has 1 aliphatic heterocycles. The highest BCUT2D eigenvalue weighted by atomic mass is 16.5. The molecule has 0 unspecified atom stereocenters. The van der Waals surface area contributed by atoms with Gasteiger partial charge in [0.25, 0.3) is 0 Å². The Labute approximate surface area is 95.1 Å². The van der Waals surface area contributed by atoms with Crippen molar-refractivity contribution in [3.8, 4) is 0 Å². The summed E-state index contributed by atoms with van der Waals surface area (Å²) in [6.07, 6.45) is 6.70. The highest BCUT2D eigenvalue weighted by molar-refractivity contribution is 6.53. The van der Waals surface area contributed by atoms with E-state index in [1.54, 1.807) is 18.2 Å². The van der Waals surface area contributed by atoms with Gasteiger partial charge in [-0.05, 0) is 30.1 Å². The van der Waals surface area contributed by atoms with Gasteiger partial charge >= 0.3 is 7.12 Å². The van der Waals surface area contributed by atoms with Gasteiger partial charge in [-0.2, -0.15) is 0 Å². The quantitative estimate of drug-likeness (QED) is 0.416. The maximum Gasteiger partial charge on any atom is 0.487 e. The van der Waals surface area contributed by atoms with Crippen LogP contribution in [-0.2, 0) is 9.45 Å². The van der Waals surface area contributed by atoms with Crippen molar-refractivity contribution in [1.29, 1.82) is 0 Å². The Bertz CT molecular complexity index is 360. The Hall–Kier alpha value is -1.59. The first-order valence-corrected chi connectivity index (χ1v) is 4.93. The molecular formula is C11H14BNO3. The van der Waals surface area contributed by atoms with Crippen molar-refractivity contribution in [2.24, 2.45) is 0 Å². The van der Waals surface area contributed by atoms with Crippen LogP contribution < -0.4 is 5.32 Å². The molecule has 0 aliphatic carbocycles. The predicted molar refractivity (Wildman–Crippen MR) is 63.2 cm³/mol. The number of amides is 1. The lowest BCUT2D eigenvalue weighted by atomic mass is 9.79. The molecule has 5 heteroatoms. The molecule has 1 heterocycles. The minimum atomic E-state index is -0.881. The van der Waals surface area contributed by atoms with Crippen LogP contribution in [0.1, 0.15) is 6.42 Å². The van der Waals surface area contributed by atoms with Crippen molar-refractivity contribution in [3.63, 3.8) is 0 Å². The van der Waals surface area contributed by atoms with Crippen LogP contribution >= 0.6 is 0 Å². The highest BCUT2D eigenvalue weighted by Crippen LogP contribution is 2.16. The van der Waals surface area contributed by atoms with Crippen LogP contribution in [0.25, 0.3) is 0 Å². The highest BCUT2D eigenvalue weighted by Gasteiger charge is 2.25. The molecule has 0 aromatic heterocycles. The van der Waals surface area contributed by atoms with Gasteiger partial charge in [-0.3, -0.25) is 4.79 Å². The number of allylic oxidation sites excluding steroid dienone is 3. The van der Waals surface area contributed by atoms with Crippen LogP contribution in [-0.4, -0.2) is 24.7 Å². The lowest BCUT2D eigenvalue weighted by molar-refractivity contribution is -0.115. The largest absolute Gasteiger partial charge is 0.487 e. The molecule has 1 aliphatic rings. The SMILES string of the molecule is C=C/C=C(\C=C1/CCOB1O)NC(=O)C=C. The van der Waals surface area contributed by atoms with Crippen molar-refractivity contribution >= 4 is 13.0 Å². The third kappa shape index (κ3) is 3.53. The third-order valence-electron chi connectivity index (χ3n) is 2.07. The number of nitrogens with one attached hydrogen (secondary N) is 1. The van der Waals surface area contributed by atoms with Crippen LogP contribution in [0.5, 0.6) is 0 Å². The number of hydrogen-bond donors (Lipinski definition) is 2. The first-order chi connectivity index (χ1) is 7.67. The van der Waals surface area contributed by atoms with E-state index in [1.165, 1.54) is 6.08 Å². The predicted octanol–water partition coefficient (Wildman–Crippen LogP) is 0.725. The molecule has 0 saturated carbocycles. The van der Waals surface area contributed by atoms with Crippen LogP contribution in [0.3, 0.4) is 0 Å². The zero-order valence-electron chi connectivity index (χ0n) is 8.98. The minimum Gasteiger partial charge on any atom is -0.423 e. The molecule has 4 nitrogen and oxygen atoms in total. The van der Waals surface area contributed by atoms with E-state index >= 15 is 0 Å². The first-order valence-electron chi connectivity index (χ1n) is 4.93. The van der Waals surface area contributed by atoms with Gasteiger partial charge in [0.05, 0.1) is 0 Å². The van der Waals surface area contributed by atoms with E-state index in [2.05, 4.69) is 18.5 Å². The number of rotatable bonds is 4. The van der Waals surface area contributed by atoms with Gasteiger partial charge in [0, 0.05) is 12.3 Å². The Kier molecular flexibility index (Phi) is 4.76. The monoisotopic (exact) mass is 219 g/mol. The van der Waals surface area contributed by atoms with Gasteiger partial charge in [0.15, 0.2) is 0 Å². The summed E-state index contributed by atoms with van der Waals surface area (Å²) in [4.78, 5) is 11.1. The Morgan fingerprint density at radius 1 is 1.56 bits per heavy atom. The van der Waals surface area contributed by atoms with Crippen molar-refractivity contribution in [2.75, 3.05) is 6.61 Å². The van der Waals surface area contributed by atoms with Crippen LogP contribution in [0, 0.1) is 0 Å². The minimum absolute atomic E-state index is 0.307. The van der Waals surface area contributed by atoms with E-state index in [4.69, 9.17) is 4.65 Å². The lowest BCUT2D eigenvalue weighted by Gasteiger charge is -2.04. The fourth-order valence-corrected chi connectivity index (χ4v) is 1.31. The average molecular weight is 219 g/mol. The summed E-state index contributed by atoms with van der Waals surface area (Å²) in [5, 5.41) is 12.0. The van der Waals surface area contributed by atoms with E-state index in [0.717, 1.165) is 5.47 Å². The molecule has 0 spiro atoms. The summed E-state index contributed by atoms with van der Waals surface area (Å²) in [5.41, 5.74) is 1.29. The summed E-state index contributed by atoms with van der Waals surface area (Å²) < 4.78 is 4.98. The van der Waals surface area contributed by atoms with Gasteiger partial charge in [-0.15, -0.1) is 0 Å². The summed E-state index contributed by atoms with van der Waals surface area (Å²) in [7, 11) is -0.881. The van der Waals surface area contributed by atoms with E-state index in [-0.39, 0.29) is 5.91 Å². The topological polar surface area (TPSA) is 58.6 Å². The van der Waals surface area contributed by atoms with Crippen LogP contribution in [0.2, 0.25) is 0 Å². The Balaban J connectivity index is 2.78. The molecule has 0 aromatic rings. The van der Waals surface area contributed by atoms with Crippen molar-refractivity contribution in [1.82, 2.24) is 5.32 Å². The second-order valence-corrected chi connectivity index (χ2v) is 3.24. The molecule has 1 saturated heterocycles. The van der Waals surface area contributed by atoms with Crippen molar-refractivity contribution in [3.05, 3.63) is 48.6 Å². The van der Waals surface area contributed by atoms with Gasteiger partial charge < -0.3 is 15.0 Å². The molecular weight excluding hydrogens is 205 g/mol. The number of hydrogen-bond acceptors (Lipinski definition) is 3. The normalized spacial score (nSPS) is 18.7. The summed E-state index contributed by atoms with van der Waals surface area (Å²) >= 11 is 0. The summed E-state index contributed by atoms with van der Waals surface area (Å²) in [6, 6.07) is 0. The molecule has 1 fully saturated rings. The second-order valence-electron chi connectivity index (χ2n) is 3.24. The van der Waals surface area contributed by atoms with E-state index in [9.17, 15) is 9.82 Å².